The second-order valence-corrected chi connectivity index (χ2v) is 7.30. The summed E-state index contributed by atoms with van der Waals surface area (Å²) in [7, 11) is 0.844. The van der Waals surface area contributed by atoms with Gasteiger partial charge in [-0.3, -0.25) is 4.79 Å². The summed E-state index contributed by atoms with van der Waals surface area (Å²) in [4.78, 5) is 11.7. The standard InChI is InChI=1S/C12H18O5Si/c1-12(11(13)14,10-8-6-5-7-9-10)18(15-2,16-3)17-4/h5-9H,1-4H3,(H,13,14). The van der Waals surface area contributed by atoms with Crippen LogP contribution in [0.15, 0.2) is 30.3 Å². The van der Waals surface area contributed by atoms with E-state index in [0.717, 1.165) is 0 Å². The molecular formula is C12H18O5Si. The third-order valence-electron chi connectivity index (χ3n) is 3.20. The van der Waals surface area contributed by atoms with Gasteiger partial charge in [0.15, 0.2) is 5.04 Å². The van der Waals surface area contributed by atoms with E-state index in [-0.39, 0.29) is 0 Å². The van der Waals surface area contributed by atoms with Crippen molar-refractivity contribution < 1.29 is 23.2 Å². The fraction of sp³-hybridized carbons (Fsp3) is 0.417. The molecule has 100 valence electrons. The van der Waals surface area contributed by atoms with Gasteiger partial charge in [-0.15, -0.1) is 0 Å². The Morgan fingerprint density at radius 1 is 1.11 bits per heavy atom. The average molecular weight is 270 g/mol. The van der Waals surface area contributed by atoms with Gasteiger partial charge < -0.3 is 18.4 Å². The van der Waals surface area contributed by atoms with Crippen LogP contribution in [-0.4, -0.2) is 41.2 Å². The first-order chi connectivity index (χ1) is 8.48. The van der Waals surface area contributed by atoms with Crippen LogP contribution < -0.4 is 0 Å². The van der Waals surface area contributed by atoms with Crippen molar-refractivity contribution in [1.29, 1.82) is 0 Å². The number of rotatable bonds is 6. The monoisotopic (exact) mass is 270 g/mol. The molecule has 0 heterocycles. The van der Waals surface area contributed by atoms with Gasteiger partial charge in [-0.25, -0.2) is 0 Å². The Labute approximate surface area is 108 Å². The van der Waals surface area contributed by atoms with Gasteiger partial charge >= 0.3 is 14.8 Å². The molecule has 0 radical (unpaired) electrons. The van der Waals surface area contributed by atoms with Crippen molar-refractivity contribution in [1.82, 2.24) is 0 Å². The SMILES string of the molecule is CO[Si](OC)(OC)C(C)(C(=O)O)c1ccccc1. The van der Waals surface area contributed by atoms with Crippen LogP contribution in [0.3, 0.4) is 0 Å². The smallest absolute Gasteiger partial charge is 0.481 e. The highest BCUT2D eigenvalue weighted by atomic mass is 28.4. The molecular weight excluding hydrogens is 252 g/mol. The van der Waals surface area contributed by atoms with Crippen LogP contribution in [0.25, 0.3) is 0 Å². The summed E-state index contributed by atoms with van der Waals surface area (Å²) < 4.78 is 16.0. The van der Waals surface area contributed by atoms with Crippen LogP contribution in [0.1, 0.15) is 12.5 Å². The third-order valence-corrected chi connectivity index (χ3v) is 6.54. The lowest BCUT2D eigenvalue weighted by Crippen LogP contribution is -2.64. The van der Waals surface area contributed by atoms with E-state index in [1.807, 2.05) is 6.07 Å². The summed E-state index contributed by atoms with van der Waals surface area (Å²) in [5, 5.41) is 8.25. The Hall–Kier alpha value is -1.21. The van der Waals surface area contributed by atoms with Gasteiger partial charge in [0.1, 0.15) is 0 Å². The maximum Gasteiger partial charge on any atom is 0.522 e. The average Bonchev–Trinajstić information content (AvgIpc) is 2.41. The molecule has 0 amide bonds. The minimum atomic E-state index is -3.37. The van der Waals surface area contributed by atoms with Gasteiger partial charge in [0.2, 0.25) is 0 Å². The molecule has 0 saturated carbocycles. The van der Waals surface area contributed by atoms with E-state index < -0.39 is 19.8 Å². The zero-order chi connectivity index (χ0) is 13.8. The minimum Gasteiger partial charge on any atom is -0.481 e. The lowest BCUT2D eigenvalue weighted by Gasteiger charge is -2.38. The second kappa shape index (κ2) is 5.62. The van der Waals surface area contributed by atoms with Crippen LogP contribution in [0.2, 0.25) is 0 Å². The van der Waals surface area contributed by atoms with Crippen LogP contribution in [0, 0.1) is 0 Å². The van der Waals surface area contributed by atoms with E-state index >= 15 is 0 Å². The lowest BCUT2D eigenvalue weighted by molar-refractivity contribution is -0.142. The van der Waals surface area contributed by atoms with E-state index in [9.17, 15) is 9.90 Å². The molecule has 1 atom stereocenters. The molecule has 0 aromatic heterocycles. The zero-order valence-electron chi connectivity index (χ0n) is 11.0. The summed E-state index contributed by atoms with van der Waals surface area (Å²) in [5.41, 5.74) is 0.592. The second-order valence-electron chi connectivity index (χ2n) is 3.96. The topological polar surface area (TPSA) is 65.0 Å². The quantitative estimate of drug-likeness (QED) is 0.793. The van der Waals surface area contributed by atoms with Crippen LogP contribution in [0.5, 0.6) is 0 Å². The summed E-state index contributed by atoms with van der Waals surface area (Å²) in [5.74, 6) is -1.04. The van der Waals surface area contributed by atoms with E-state index in [2.05, 4.69) is 0 Å². The minimum absolute atomic E-state index is 0.592. The van der Waals surface area contributed by atoms with Crippen LogP contribution in [-0.2, 0) is 23.1 Å². The third kappa shape index (κ3) is 2.08. The Morgan fingerprint density at radius 2 is 1.56 bits per heavy atom. The van der Waals surface area contributed by atoms with Crippen molar-refractivity contribution in [2.75, 3.05) is 21.3 Å². The molecule has 18 heavy (non-hydrogen) atoms. The number of benzene rings is 1. The number of aliphatic carboxylic acids is 1. The molecule has 5 nitrogen and oxygen atoms in total. The van der Waals surface area contributed by atoms with Crippen LogP contribution in [0.4, 0.5) is 0 Å². The van der Waals surface area contributed by atoms with E-state index in [4.69, 9.17) is 13.3 Å². The summed E-state index contributed by atoms with van der Waals surface area (Å²) in [6, 6.07) is 8.83. The predicted octanol–water partition coefficient (Wildman–Crippen LogP) is 1.45. The first-order valence-corrected chi connectivity index (χ1v) is 7.15. The van der Waals surface area contributed by atoms with Gasteiger partial charge in [-0.1, -0.05) is 30.3 Å². The Balaban J connectivity index is 3.45. The molecule has 1 unspecified atom stereocenters. The first kappa shape index (κ1) is 14.8. The first-order valence-electron chi connectivity index (χ1n) is 5.43. The molecule has 1 aromatic carbocycles. The number of carbonyl (C=O) groups is 1. The molecule has 1 aromatic rings. The van der Waals surface area contributed by atoms with Gasteiger partial charge in [0.05, 0.1) is 0 Å². The van der Waals surface area contributed by atoms with Crippen molar-refractivity contribution in [2.24, 2.45) is 0 Å². The van der Waals surface area contributed by atoms with Gasteiger partial charge in [0.25, 0.3) is 0 Å². The summed E-state index contributed by atoms with van der Waals surface area (Å²) in [6.45, 7) is 1.56. The molecule has 0 saturated heterocycles. The fourth-order valence-corrected chi connectivity index (χ4v) is 4.57. The van der Waals surface area contributed by atoms with Crippen LogP contribution >= 0.6 is 0 Å². The van der Waals surface area contributed by atoms with Gasteiger partial charge in [0, 0.05) is 21.3 Å². The molecule has 6 heteroatoms. The maximum atomic E-state index is 11.7. The maximum absolute atomic E-state index is 11.7. The Bertz CT molecular complexity index is 396. The Kier molecular flexibility index (Phi) is 4.63. The number of carboxylic acids is 1. The van der Waals surface area contributed by atoms with Crippen molar-refractivity contribution in [3.05, 3.63) is 35.9 Å². The highest BCUT2D eigenvalue weighted by molar-refractivity contribution is 6.68. The molecule has 0 aliphatic carbocycles. The molecule has 0 aliphatic heterocycles. The summed E-state index contributed by atoms with van der Waals surface area (Å²) in [6.07, 6.45) is 0. The van der Waals surface area contributed by atoms with Crippen molar-refractivity contribution in [3.8, 4) is 0 Å². The van der Waals surface area contributed by atoms with Gasteiger partial charge in [-0.2, -0.15) is 0 Å². The van der Waals surface area contributed by atoms with E-state index in [1.165, 1.54) is 21.3 Å². The molecule has 0 spiro atoms. The highest BCUT2D eigenvalue weighted by Gasteiger charge is 2.63. The normalized spacial score (nSPS) is 15.1. The largest absolute Gasteiger partial charge is 0.522 e. The number of hydrogen-bond donors (Lipinski definition) is 1. The molecule has 0 aliphatic rings. The summed E-state index contributed by atoms with van der Waals surface area (Å²) >= 11 is 0. The van der Waals surface area contributed by atoms with Crippen molar-refractivity contribution in [3.63, 3.8) is 0 Å². The highest BCUT2D eigenvalue weighted by Crippen LogP contribution is 2.35. The fourth-order valence-electron chi connectivity index (χ4n) is 2.07. The molecule has 0 bridgehead atoms. The predicted molar refractivity (Wildman–Crippen MR) is 68.2 cm³/mol. The van der Waals surface area contributed by atoms with E-state index in [0.29, 0.717) is 5.56 Å². The lowest BCUT2D eigenvalue weighted by atomic mass is 10.0. The number of carboxylic acid groups (broad SMARTS) is 1. The molecule has 1 N–H and O–H groups in total. The van der Waals surface area contributed by atoms with Gasteiger partial charge in [-0.05, 0) is 12.5 Å². The molecule has 0 fully saturated rings. The van der Waals surface area contributed by atoms with Crippen molar-refractivity contribution >= 4 is 14.8 Å². The zero-order valence-corrected chi connectivity index (χ0v) is 12.0. The van der Waals surface area contributed by atoms with Crippen molar-refractivity contribution in [2.45, 2.75) is 12.0 Å². The Morgan fingerprint density at radius 3 is 1.89 bits per heavy atom. The number of hydrogen-bond acceptors (Lipinski definition) is 4. The molecule has 1 rings (SSSR count). The van der Waals surface area contributed by atoms with E-state index in [1.54, 1.807) is 31.2 Å².